The van der Waals surface area contributed by atoms with Gasteiger partial charge in [0, 0.05) is 39.3 Å². The van der Waals surface area contributed by atoms with Crippen molar-refractivity contribution in [1.29, 1.82) is 0 Å². The Kier molecular flexibility index (Phi) is 6.01. The molecule has 0 bridgehead atoms. The predicted octanol–water partition coefficient (Wildman–Crippen LogP) is 1.90. The molecule has 25 heavy (non-hydrogen) atoms. The van der Waals surface area contributed by atoms with Gasteiger partial charge in [-0.05, 0) is 19.1 Å². The Labute approximate surface area is 148 Å². The smallest absolute Gasteiger partial charge is 0.241 e. The van der Waals surface area contributed by atoms with Gasteiger partial charge in [0.05, 0.1) is 25.8 Å². The lowest BCUT2D eigenvalue weighted by atomic mass is 10.2. The van der Waals surface area contributed by atoms with Gasteiger partial charge in [-0.1, -0.05) is 17.3 Å². The van der Waals surface area contributed by atoms with E-state index >= 15 is 0 Å². The first-order valence-corrected chi connectivity index (χ1v) is 8.62. The van der Waals surface area contributed by atoms with Crippen molar-refractivity contribution in [2.24, 2.45) is 0 Å². The van der Waals surface area contributed by atoms with E-state index in [1.54, 1.807) is 14.2 Å². The van der Waals surface area contributed by atoms with Crippen molar-refractivity contribution >= 4 is 0 Å². The van der Waals surface area contributed by atoms with Gasteiger partial charge in [0.25, 0.3) is 0 Å². The van der Waals surface area contributed by atoms with Crippen LogP contribution in [0.2, 0.25) is 0 Å². The first kappa shape index (κ1) is 17.8. The lowest BCUT2D eigenvalue weighted by Gasteiger charge is -2.39. The average molecular weight is 346 g/mol. The Hall–Kier alpha value is -1.96. The van der Waals surface area contributed by atoms with Gasteiger partial charge in [-0.15, -0.1) is 0 Å². The number of benzene rings is 1. The summed E-state index contributed by atoms with van der Waals surface area (Å²) in [6.07, 6.45) is 0. The van der Waals surface area contributed by atoms with E-state index in [1.807, 2.05) is 24.3 Å². The molecule has 1 fully saturated rings. The van der Waals surface area contributed by atoms with Crippen LogP contribution < -0.4 is 4.74 Å². The molecule has 0 N–H and O–H groups in total. The highest BCUT2D eigenvalue weighted by Crippen LogP contribution is 2.27. The summed E-state index contributed by atoms with van der Waals surface area (Å²) in [5.41, 5.74) is 0.845. The third kappa shape index (κ3) is 4.36. The highest BCUT2D eigenvalue weighted by atomic mass is 16.5. The van der Waals surface area contributed by atoms with Crippen LogP contribution in [0.4, 0.5) is 0 Å². The molecule has 0 amide bonds. The quantitative estimate of drug-likeness (QED) is 0.758. The summed E-state index contributed by atoms with van der Waals surface area (Å²) in [7, 11) is 3.39. The summed E-state index contributed by atoms with van der Waals surface area (Å²) in [5.74, 6) is 1.95. The number of rotatable bonds is 7. The molecule has 0 spiro atoms. The molecular weight excluding hydrogens is 320 g/mol. The molecule has 1 aliphatic heterocycles. The highest BCUT2D eigenvalue weighted by Gasteiger charge is 2.24. The van der Waals surface area contributed by atoms with Gasteiger partial charge < -0.3 is 14.0 Å². The van der Waals surface area contributed by atoms with E-state index in [1.165, 1.54) is 0 Å². The van der Waals surface area contributed by atoms with Crippen LogP contribution in [-0.2, 0) is 11.3 Å². The van der Waals surface area contributed by atoms with Crippen LogP contribution >= 0.6 is 0 Å². The zero-order valence-corrected chi connectivity index (χ0v) is 15.1. The Morgan fingerprint density at radius 2 is 2.08 bits per heavy atom. The second kappa shape index (κ2) is 8.42. The topological polar surface area (TPSA) is 63.9 Å². The van der Waals surface area contributed by atoms with Crippen molar-refractivity contribution in [3.8, 4) is 17.1 Å². The van der Waals surface area contributed by atoms with Gasteiger partial charge in [0.1, 0.15) is 5.75 Å². The molecule has 2 heterocycles. The highest BCUT2D eigenvalue weighted by molar-refractivity contribution is 5.63. The van der Waals surface area contributed by atoms with Gasteiger partial charge >= 0.3 is 0 Å². The third-order valence-corrected chi connectivity index (χ3v) is 4.61. The number of hydrogen-bond donors (Lipinski definition) is 0. The van der Waals surface area contributed by atoms with Crippen molar-refractivity contribution < 1.29 is 14.0 Å². The lowest BCUT2D eigenvalue weighted by Crippen LogP contribution is -2.52. The van der Waals surface area contributed by atoms with Crippen LogP contribution in [0.25, 0.3) is 11.4 Å². The van der Waals surface area contributed by atoms with Crippen molar-refractivity contribution in [2.45, 2.75) is 19.5 Å². The van der Waals surface area contributed by atoms with Gasteiger partial charge in [-0.2, -0.15) is 4.98 Å². The number of para-hydroxylation sites is 1. The second-order valence-electron chi connectivity index (χ2n) is 6.32. The van der Waals surface area contributed by atoms with Crippen LogP contribution in [0.1, 0.15) is 12.8 Å². The molecule has 0 aliphatic carbocycles. The molecule has 3 rings (SSSR count). The number of hydrogen-bond acceptors (Lipinski definition) is 7. The molecular formula is C18H26N4O3. The lowest BCUT2D eigenvalue weighted by molar-refractivity contribution is 0.0512. The largest absolute Gasteiger partial charge is 0.496 e. The SMILES string of the molecule is COCCN1CCN(Cc2nc(-c3ccccc3OC)no2)C[C@@H]1C. The van der Waals surface area contributed by atoms with E-state index in [0.29, 0.717) is 24.3 Å². The maximum Gasteiger partial charge on any atom is 0.241 e. The Balaban J connectivity index is 1.61. The van der Waals surface area contributed by atoms with Gasteiger partial charge in [-0.3, -0.25) is 9.80 Å². The maximum absolute atomic E-state index is 5.46. The van der Waals surface area contributed by atoms with Gasteiger partial charge in [0.2, 0.25) is 11.7 Å². The van der Waals surface area contributed by atoms with E-state index in [0.717, 1.165) is 44.1 Å². The Morgan fingerprint density at radius 1 is 1.24 bits per heavy atom. The molecule has 1 aromatic carbocycles. The number of methoxy groups -OCH3 is 2. The summed E-state index contributed by atoms with van der Waals surface area (Å²) in [5, 5.41) is 4.12. The molecule has 1 atom stereocenters. The third-order valence-electron chi connectivity index (χ3n) is 4.61. The fourth-order valence-corrected chi connectivity index (χ4v) is 3.20. The first-order chi connectivity index (χ1) is 12.2. The van der Waals surface area contributed by atoms with Crippen molar-refractivity contribution in [3.05, 3.63) is 30.2 Å². The monoisotopic (exact) mass is 346 g/mol. The summed E-state index contributed by atoms with van der Waals surface area (Å²) in [6.45, 7) is 7.66. The first-order valence-electron chi connectivity index (χ1n) is 8.62. The average Bonchev–Trinajstić information content (AvgIpc) is 3.09. The normalized spacial score (nSPS) is 19.2. The minimum absolute atomic E-state index is 0.487. The standard InChI is InChI=1S/C18H26N4O3/c1-14-12-21(8-9-22(14)10-11-23-2)13-17-19-18(20-25-17)15-6-4-5-7-16(15)24-3/h4-7,14H,8-13H2,1-3H3/t14-/m0/s1. The number of nitrogens with zero attached hydrogens (tertiary/aromatic N) is 4. The zero-order valence-electron chi connectivity index (χ0n) is 15.1. The van der Waals surface area contributed by atoms with E-state index in [9.17, 15) is 0 Å². The molecule has 7 heteroatoms. The molecule has 7 nitrogen and oxygen atoms in total. The second-order valence-corrected chi connectivity index (χ2v) is 6.32. The van der Waals surface area contributed by atoms with Crippen molar-refractivity contribution in [2.75, 3.05) is 47.0 Å². The van der Waals surface area contributed by atoms with Crippen LogP contribution in [0, 0.1) is 0 Å². The summed E-state index contributed by atoms with van der Waals surface area (Å²) >= 11 is 0. The van der Waals surface area contributed by atoms with Crippen molar-refractivity contribution in [1.82, 2.24) is 19.9 Å². The number of piperazine rings is 1. The Morgan fingerprint density at radius 3 is 2.84 bits per heavy atom. The molecule has 1 aromatic heterocycles. The zero-order chi connectivity index (χ0) is 17.6. The fourth-order valence-electron chi connectivity index (χ4n) is 3.20. The number of ether oxygens (including phenoxy) is 2. The van der Waals surface area contributed by atoms with Crippen LogP contribution in [0.3, 0.4) is 0 Å². The van der Waals surface area contributed by atoms with Crippen LogP contribution in [-0.4, -0.2) is 73.0 Å². The molecule has 136 valence electrons. The van der Waals surface area contributed by atoms with Crippen LogP contribution in [0.5, 0.6) is 5.75 Å². The maximum atomic E-state index is 5.46. The number of aromatic nitrogens is 2. The molecule has 0 saturated carbocycles. The van der Waals surface area contributed by atoms with Gasteiger partial charge in [-0.25, -0.2) is 0 Å². The molecule has 1 saturated heterocycles. The summed E-state index contributed by atoms with van der Waals surface area (Å²) < 4.78 is 16.0. The molecule has 0 radical (unpaired) electrons. The van der Waals surface area contributed by atoms with E-state index in [4.69, 9.17) is 14.0 Å². The predicted molar refractivity (Wildman–Crippen MR) is 94.5 cm³/mol. The minimum atomic E-state index is 0.487. The fraction of sp³-hybridized carbons (Fsp3) is 0.556. The molecule has 1 aliphatic rings. The van der Waals surface area contributed by atoms with Crippen LogP contribution in [0.15, 0.2) is 28.8 Å². The van der Waals surface area contributed by atoms with E-state index < -0.39 is 0 Å². The van der Waals surface area contributed by atoms with E-state index in [-0.39, 0.29) is 0 Å². The van der Waals surface area contributed by atoms with Gasteiger partial charge in [0.15, 0.2) is 0 Å². The van der Waals surface area contributed by atoms with Crippen molar-refractivity contribution in [3.63, 3.8) is 0 Å². The van der Waals surface area contributed by atoms with E-state index in [2.05, 4.69) is 26.9 Å². The summed E-state index contributed by atoms with van der Waals surface area (Å²) in [4.78, 5) is 9.35. The Bertz CT molecular complexity index is 676. The molecule has 2 aromatic rings. The summed E-state index contributed by atoms with van der Waals surface area (Å²) in [6, 6.07) is 8.18. The minimum Gasteiger partial charge on any atom is -0.496 e. The molecule has 0 unspecified atom stereocenters.